The Kier molecular flexibility index (Phi) is 6.71. The van der Waals surface area contributed by atoms with Gasteiger partial charge in [-0.05, 0) is 42.5 Å². The number of carbonyl (C=O) groups excluding carboxylic acids is 2. The minimum atomic E-state index is -4.74. The van der Waals surface area contributed by atoms with Crippen LogP contribution in [0.4, 0.5) is 18.9 Å². The zero-order chi connectivity index (χ0) is 22.4. The van der Waals surface area contributed by atoms with Gasteiger partial charge in [-0.15, -0.1) is 0 Å². The summed E-state index contributed by atoms with van der Waals surface area (Å²) in [5.74, 6) is -1.69. The first-order valence-corrected chi connectivity index (χ1v) is 8.98. The van der Waals surface area contributed by atoms with E-state index in [1.54, 1.807) is 12.1 Å². The predicted molar refractivity (Wildman–Crippen MR) is 104 cm³/mol. The van der Waals surface area contributed by atoms with E-state index >= 15 is 0 Å². The molecular formula is C20H13ClF3N3O4. The number of aromatic nitrogens is 2. The first-order valence-electron chi connectivity index (χ1n) is 8.60. The predicted octanol–water partition coefficient (Wildman–Crippen LogP) is 4.74. The van der Waals surface area contributed by atoms with Crippen molar-refractivity contribution in [2.45, 2.75) is 6.18 Å². The van der Waals surface area contributed by atoms with Crippen molar-refractivity contribution >= 4 is 29.2 Å². The zero-order valence-corrected chi connectivity index (χ0v) is 16.3. The van der Waals surface area contributed by atoms with Crippen molar-refractivity contribution in [3.8, 4) is 11.6 Å². The van der Waals surface area contributed by atoms with Crippen molar-refractivity contribution < 1.29 is 32.2 Å². The second kappa shape index (κ2) is 9.43. The molecule has 0 radical (unpaired) electrons. The SMILES string of the molecule is O=C(COC(=O)c1cccnc1Oc1cccnc1)Nc1ccc(Cl)cc1C(F)(F)F. The van der Waals surface area contributed by atoms with Crippen molar-refractivity contribution in [2.24, 2.45) is 0 Å². The monoisotopic (exact) mass is 451 g/mol. The molecule has 0 aliphatic carbocycles. The minimum absolute atomic E-state index is 0.0818. The van der Waals surface area contributed by atoms with Crippen molar-refractivity contribution in [2.75, 3.05) is 11.9 Å². The van der Waals surface area contributed by atoms with Crippen LogP contribution in [0, 0.1) is 0 Å². The number of benzene rings is 1. The molecule has 1 aromatic carbocycles. The Morgan fingerprint density at radius 2 is 1.87 bits per heavy atom. The Morgan fingerprint density at radius 3 is 2.58 bits per heavy atom. The number of rotatable bonds is 6. The van der Waals surface area contributed by atoms with Crippen LogP contribution in [-0.4, -0.2) is 28.5 Å². The number of nitrogens with zero attached hydrogens (tertiary/aromatic N) is 2. The highest BCUT2D eigenvalue weighted by molar-refractivity contribution is 6.30. The number of pyridine rings is 2. The summed E-state index contributed by atoms with van der Waals surface area (Å²) < 4.78 is 49.7. The van der Waals surface area contributed by atoms with E-state index in [2.05, 4.69) is 15.3 Å². The molecular weight excluding hydrogens is 439 g/mol. The summed E-state index contributed by atoms with van der Waals surface area (Å²) in [6.45, 7) is -0.833. The van der Waals surface area contributed by atoms with Gasteiger partial charge in [0.2, 0.25) is 5.88 Å². The van der Waals surface area contributed by atoms with Gasteiger partial charge in [0.05, 0.1) is 17.4 Å². The van der Waals surface area contributed by atoms with Crippen LogP contribution < -0.4 is 10.1 Å². The lowest BCUT2D eigenvalue weighted by atomic mass is 10.1. The average molecular weight is 452 g/mol. The summed E-state index contributed by atoms with van der Waals surface area (Å²) in [6, 6.07) is 8.90. The van der Waals surface area contributed by atoms with Crippen LogP contribution in [0.5, 0.6) is 11.6 Å². The molecule has 0 aliphatic rings. The first-order chi connectivity index (χ1) is 14.7. The van der Waals surface area contributed by atoms with Gasteiger partial charge in [-0.1, -0.05) is 11.6 Å². The van der Waals surface area contributed by atoms with Gasteiger partial charge in [-0.3, -0.25) is 9.78 Å². The third kappa shape index (κ3) is 5.92. The lowest BCUT2D eigenvalue weighted by molar-refractivity contribution is -0.137. The molecule has 7 nitrogen and oxygen atoms in total. The molecule has 0 saturated carbocycles. The highest BCUT2D eigenvalue weighted by atomic mass is 35.5. The molecule has 11 heteroatoms. The van der Waals surface area contributed by atoms with E-state index in [1.165, 1.54) is 36.8 Å². The lowest BCUT2D eigenvalue weighted by Crippen LogP contribution is -2.23. The van der Waals surface area contributed by atoms with E-state index in [9.17, 15) is 22.8 Å². The Bertz CT molecular complexity index is 1090. The summed E-state index contributed by atoms with van der Waals surface area (Å²) in [4.78, 5) is 32.2. The summed E-state index contributed by atoms with van der Waals surface area (Å²) in [5, 5.41) is 1.91. The van der Waals surface area contributed by atoms with E-state index in [4.69, 9.17) is 21.1 Å². The van der Waals surface area contributed by atoms with Gasteiger partial charge < -0.3 is 14.8 Å². The smallest absolute Gasteiger partial charge is 0.418 e. The number of esters is 1. The number of nitrogens with one attached hydrogen (secondary N) is 1. The number of halogens is 4. The van der Waals surface area contributed by atoms with E-state index in [0.717, 1.165) is 6.07 Å². The van der Waals surface area contributed by atoms with Crippen LogP contribution in [0.15, 0.2) is 61.1 Å². The average Bonchev–Trinajstić information content (AvgIpc) is 2.74. The maximum absolute atomic E-state index is 13.1. The van der Waals surface area contributed by atoms with Crippen molar-refractivity contribution in [1.82, 2.24) is 9.97 Å². The van der Waals surface area contributed by atoms with Crippen LogP contribution in [0.2, 0.25) is 5.02 Å². The number of alkyl halides is 3. The van der Waals surface area contributed by atoms with Gasteiger partial charge in [-0.25, -0.2) is 9.78 Å². The first kappa shape index (κ1) is 22.0. The molecule has 0 bridgehead atoms. The van der Waals surface area contributed by atoms with Gasteiger partial charge in [-0.2, -0.15) is 13.2 Å². The van der Waals surface area contributed by atoms with Crippen molar-refractivity contribution in [3.63, 3.8) is 0 Å². The molecule has 0 saturated heterocycles. The molecule has 0 atom stereocenters. The second-order valence-electron chi connectivity index (χ2n) is 5.96. The van der Waals surface area contributed by atoms with Gasteiger partial charge in [0.15, 0.2) is 6.61 Å². The molecule has 3 aromatic rings. The minimum Gasteiger partial charge on any atom is -0.452 e. The van der Waals surface area contributed by atoms with Crippen LogP contribution in [0.25, 0.3) is 0 Å². The van der Waals surface area contributed by atoms with E-state index in [0.29, 0.717) is 11.8 Å². The number of ether oxygens (including phenoxy) is 2. The molecule has 31 heavy (non-hydrogen) atoms. The molecule has 0 unspecified atom stereocenters. The topological polar surface area (TPSA) is 90.4 Å². The molecule has 1 N–H and O–H groups in total. The fourth-order valence-electron chi connectivity index (χ4n) is 2.40. The van der Waals surface area contributed by atoms with Gasteiger partial charge in [0.1, 0.15) is 11.3 Å². The van der Waals surface area contributed by atoms with Gasteiger partial charge in [0.25, 0.3) is 5.91 Å². The number of anilines is 1. The molecule has 0 spiro atoms. The second-order valence-corrected chi connectivity index (χ2v) is 6.40. The summed E-state index contributed by atoms with van der Waals surface area (Å²) in [7, 11) is 0. The van der Waals surface area contributed by atoms with Gasteiger partial charge in [0, 0.05) is 17.4 Å². The molecule has 0 fully saturated rings. The Morgan fingerprint density at radius 1 is 1.10 bits per heavy atom. The van der Waals surface area contributed by atoms with Crippen LogP contribution >= 0.6 is 11.6 Å². The standard InChI is InChI=1S/C20H13ClF3N3O4/c21-12-5-6-16(15(9-12)20(22,23)24)27-17(28)11-30-19(29)14-4-2-8-26-18(14)31-13-3-1-7-25-10-13/h1-10H,11H2,(H,27,28). The summed E-state index contributed by atoms with van der Waals surface area (Å²) in [6.07, 6.45) is -0.418. The molecule has 1 amide bonds. The normalized spacial score (nSPS) is 11.0. The summed E-state index contributed by atoms with van der Waals surface area (Å²) >= 11 is 5.60. The summed E-state index contributed by atoms with van der Waals surface area (Å²) in [5.41, 5.74) is -1.72. The highest BCUT2D eigenvalue weighted by Gasteiger charge is 2.34. The fraction of sp³-hybridized carbons (Fsp3) is 0.100. The molecule has 2 heterocycles. The highest BCUT2D eigenvalue weighted by Crippen LogP contribution is 2.36. The maximum Gasteiger partial charge on any atom is 0.418 e. The van der Waals surface area contributed by atoms with Crippen LogP contribution in [0.1, 0.15) is 15.9 Å². The molecule has 160 valence electrons. The Hall–Kier alpha value is -3.66. The van der Waals surface area contributed by atoms with Gasteiger partial charge >= 0.3 is 12.1 Å². The Labute approximate surface area is 178 Å². The van der Waals surface area contributed by atoms with E-state index in [1.807, 2.05) is 0 Å². The quantitative estimate of drug-likeness (QED) is 0.544. The largest absolute Gasteiger partial charge is 0.452 e. The number of hydrogen-bond donors (Lipinski definition) is 1. The van der Waals surface area contributed by atoms with Crippen molar-refractivity contribution in [1.29, 1.82) is 0 Å². The fourth-order valence-corrected chi connectivity index (χ4v) is 2.57. The zero-order valence-electron chi connectivity index (χ0n) is 15.5. The number of carbonyl (C=O) groups is 2. The molecule has 3 rings (SSSR count). The Balaban J connectivity index is 1.66. The van der Waals surface area contributed by atoms with E-state index < -0.39 is 35.9 Å². The molecule has 2 aromatic heterocycles. The van der Waals surface area contributed by atoms with Crippen LogP contribution in [-0.2, 0) is 15.7 Å². The lowest BCUT2D eigenvalue weighted by Gasteiger charge is -2.14. The third-order valence-electron chi connectivity index (χ3n) is 3.74. The van der Waals surface area contributed by atoms with Crippen molar-refractivity contribution in [3.05, 3.63) is 77.2 Å². The number of amides is 1. The molecule has 0 aliphatic heterocycles. The third-order valence-corrected chi connectivity index (χ3v) is 3.97. The van der Waals surface area contributed by atoms with E-state index in [-0.39, 0.29) is 16.5 Å². The van der Waals surface area contributed by atoms with Crippen LogP contribution in [0.3, 0.4) is 0 Å². The number of hydrogen-bond acceptors (Lipinski definition) is 6. The maximum atomic E-state index is 13.1.